The molecular formula is C20H23N3O2. The van der Waals surface area contributed by atoms with E-state index in [0.29, 0.717) is 0 Å². The first kappa shape index (κ1) is 15.9. The van der Waals surface area contributed by atoms with E-state index in [1.165, 1.54) is 6.42 Å². The van der Waals surface area contributed by atoms with Crippen LogP contribution in [0.3, 0.4) is 0 Å². The van der Waals surface area contributed by atoms with Gasteiger partial charge in [0.25, 0.3) is 0 Å². The van der Waals surface area contributed by atoms with E-state index in [-0.39, 0.29) is 23.7 Å². The van der Waals surface area contributed by atoms with Crippen LogP contribution >= 0.6 is 0 Å². The Labute approximate surface area is 147 Å². The van der Waals surface area contributed by atoms with Gasteiger partial charge in [-0.25, -0.2) is 4.79 Å². The number of ether oxygens (including phenoxy) is 1. The summed E-state index contributed by atoms with van der Waals surface area (Å²) in [7, 11) is 0. The van der Waals surface area contributed by atoms with Crippen LogP contribution in [0.4, 0.5) is 4.79 Å². The van der Waals surface area contributed by atoms with E-state index < -0.39 is 0 Å². The lowest BCUT2D eigenvalue weighted by molar-refractivity contribution is -0.0355. The van der Waals surface area contributed by atoms with Crippen molar-refractivity contribution in [3.63, 3.8) is 0 Å². The van der Waals surface area contributed by atoms with E-state index in [1.807, 2.05) is 43.3 Å². The molecule has 2 unspecified atom stereocenters. The Hall–Kier alpha value is -2.56. The third kappa shape index (κ3) is 3.18. The first-order valence-corrected chi connectivity index (χ1v) is 8.90. The van der Waals surface area contributed by atoms with Crippen LogP contribution in [0.25, 0.3) is 0 Å². The predicted octanol–water partition coefficient (Wildman–Crippen LogP) is 3.89. The number of fused-ring (bicyclic) bond motifs is 1. The molecule has 2 atom stereocenters. The molecule has 130 valence electrons. The Bertz CT molecular complexity index is 759. The number of rotatable bonds is 3. The lowest BCUT2D eigenvalue weighted by Gasteiger charge is -2.48. The molecular weight excluding hydrogens is 314 g/mol. The van der Waals surface area contributed by atoms with Crippen LogP contribution in [0.5, 0.6) is 5.75 Å². The summed E-state index contributed by atoms with van der Waals surface area (Å²) >= 11 is 0. The number of carbonyl (C=O) groups is 1. The lowest BCUT2D eigenvalue weighted by Crippen LogP contribution is -2.51. The van der Waals surface area contributed by atoms with Gasteiger partial charge in [-0.3, -0.25) is 4.98 Å². The van der Waals surface area contributed by atoms with Crippen molar-refractivity contribution >= 4 is 6.03 Å². The SMILES string of the molecule is CC(NC(=O)NC1CC2(CCC2)Oc2ccccc21)c1ccncc1. The van der Waals surface area contributed by atoms with Gasteiger partial charge in [0.05, 0.1) is 12.1 Å². The largest absolute Gasteiger partial charge is 0.487 e. The Morgan fingerprint density at radius 1 is 1.24 bits per heavy atom. The van der Waals surface area contributed by atoms with Crippen molar-refractivity contribution in [3.8, 4) is 5.75 Å². The summed E-state index contributed by atoms with van der Waals surface area (Å²) in [6, 6.07) is 11.6. The minimum absolute atomic E-state index is 0.0186. The van der Waals surface area contributed by atoms with Gasteiger partial charge in [-0.2, -0.15) is 0 Å². The maximum Gasteiger partial charge on any atom is 0.315 e. The smallest absolute Gasteiger partial charge is 0.315 e. The minimum atomic E-state index is -0.152. The summed E-state index contributed by atoms with van der Waals surface area (Å²) in [5.41, 5.74) is 2.00. The van der Waals surface area contributed by atoms with Gasteiger partial charge in [-0.15, -0.1) is 0 Å². The van der Waals surface area contributed by atoms with Crippen molar-refractivity contribution in [1.82, 2.24) is 15.6 Å². The van der Waals surface area contributed by atoms with Crippen molar-refractivity contribution < 1.29 is 9.53 Å². The van der Waals surface area contributed by atoms with Crippen LogP contribution in [0.1, 0.15) is 55.8 Å². The van der Waals surface area contributed by atoms with Gasteiger partial charge in [0, 0.05) is 24.4 Å². The Kier molecular flexibility index (Phi) is 4.07. The molecule has 2 amide bonds. The molecule has 1 fully saturated rings. The molecule has 2 aromatic rings. The zero-order chi connectivity index (χ0) is 17.3. The third-order valence-corrected chi connectivity index (χ3v) is 5.32. The van der Waals surface area contributed by atoms with E-state index in [4.69, 9.17) is 4.74 Å². The Balaban J connectivity index is 1.47. The maximum absolute atomic E-state index is 12.5. The number of urea groups is 1. The maximum atomic E-state index is 12.5. The average molecular weight is 337 g/mol. The van der Waals surface area contributed by atoms with Crippen LogP contribution in [-0.4, -0.2) is 16.6 Å². The van der Waals surface area contributed by atoms with Crippen LogP contribution in [0.15, 0.2) is 48.8 Å². The number of carbonyl (C=O) groups excluding carboxylic acids is 1. The number of aromatic nitrogens is 1. The summed E-state index contributed by atoms with van der Waals surface area (Å²) in [6.45, 7) is 1.97. The molecule has 1 aliphatic heterocycles. The zero-order valence-corrected chi connectivity index (χ0v) is 14.4. The number of pyridine rings is 1. The van der Waals surface area contributed by atoms with Crippen molar-refractivity contribution in [1.29, 1.82) is 0 Å². The molecule has 1 aromatic heterocycles. The average Bonchev–Trinajstić information content (AvgIpc) is 2.61. The normalized spacial score (nSPS) is 21.4. The van der Waals surface area contributed by atoms with Crippen LogP contribution in [0, 0.1) is 0 Å². The van der Waals surface area contributed by atoms with E-state index >= 15 is 0 Å². The first-order chi connectivity index (χ1) is 12.2. The molecule has 1 aliphatic carbocycles. The molecule has 1 saturated carbocycles. The second kappa shape index (κ2) is 6.39. The number of nitrogens with one attached hydrogen (secondary N) is 2. The molecule has 4 rings (SSSR count). The van der Waals surface area contributed by atoms with E-state index in [9.17, 15) is 4.79 Å². The fourth-order valence-corrected chi connectivity index (χ4v) is 3.76. The van der Waals surface area contributed by atoms with Crippen molar-refractivity contribution in [2.24, 2.45) is 0 Å². The number of hydrogen-bond donors (Lipinski definition) is 2. The highest BCUT2D eigenvalue weighted by atomic mass is 16.5. The number of hydrogen-bond acceptors (Lipinski definition) is 3. The number of para-hydroxylation sites is 1. The highest BCUT2D eigenvalue weighted by Crippen LogP contribution is 2.48. The Morgan fingerprint density at radius 3 is 2.72 bits per heavy atom. The first-order valence-electron chi connectivity index (χ1n) is 8.90. The third-order valence-electron chi connectivity index (χ3n) is 5.32. The second-order valence-corrected chi connectivity index (χ2v) is 7.05. The van der Waals surface area contributed by atoms with Gasteiger partial charge in [0.2, 0.25) is 0 Å². The fourth-order valence-electron chi connectivity index (χ4n) is 3.76. The molecule has 5 heteroatoms. The van der Waals surface area contributed by atoms with Gasteiger partial charge >= 0.3 is 6.03 Å². The lowest BCUT2D eigenvalue weighted by atomic mass is 9.73. The Morgan fingerprint density at radius 2 is 2.00 bits per heavy atom. The van der Waals surface area contributed by atoms with Crippen LogP contribution in [0.2, 0.25) is 0 Å². The molecule has 2 heterocycles. The topological polar surface area (TPSA) is 63.2 Å². The van der Waals surface area contributed by atoms with Crippen LogP contribution < -0.4 is 15.4 Å². The number of nitrogens with zero attached hydrogens (tertiary/aromatic N) is 1. The van der Waals surface area contributed by atoms with E-state index in [0.717, 1.165) is 36.1 Å². The summed E-state index contributed by atoms with van der Waals surface area (Å²) in [4.78, 5) is 16.6. The predicted molar refractivity (Wildman–Crippen MR) is 95.3 cm³/mol. The summed E-state index contributed by atoms with van der Waals surface area (Å²) in [5, 5.41) is 6.17. The molecule has 0 radical (unpaired) electrons. The van der Waals surface area contributed by atoms with Gasteiger partial charge in [0.1, 0.15) is 11.4 Å². The zero-order valence-electron chi connectivity index (χ0n) is 14.4. The van der Waals surface area contributed by atoms with Gasteiger partial charge < -0.3 is 15.4 Å². The molecule has 0 saturated heterocycles. The number of amides is 2. The molecule has 0 bridgehead atoms. The quantitative estimate of drug-likeness (QED) is 0.893. The molecule has 2 N–H and O–H groups in total. The standard InChI is InChI=1S/C20H23N3O2/c1-14(15-7-11-21-12-8-15)22-19(24)23-17-13-20(9-4-10-20)25-18-6-3-2-5-16(17)18/h2-3,5-8,11-12,14,17H,4,9-10,13H2,1H3,(H2,22,23,24). The van der Waals surface area contributed by atoms with Crippen molar-refractivity contribution in [2.45, 2.75) is 50.3 Å². The fraction of sp³-hybridized carbons (Fsp3) is 0.400. The van der Waals surface area contributed by atoms with Crippen molar-refractivity contribution in [2.75, 3.05) is 0 Å². The molecule has 2 aliphatic rings. The highest BCUT2D eigenvalue weighted by molar-refractivity contribution is 5.75. The van der Waals surface area contributed by atoms with E-state index in [1.54, 1.807) is 12.4 Å². The van der Waals surface area contributed by atoms with Gasteiger partial charge in [0.15, 0.2) is 0 Å². The van der Waals surface area contributed by atoms with E-state index in [2.05, 4.69) is 15.6 Å². The number of benzene rings is 1. The van der Waals surface area contributed by atoms with Gasteiger partial charge in [-0.05, 0) is 49.9 Å². The molecule has 25 heavy (non-hydrogen) atoms. The van der Waals surface area contributed by atoms with Crippen LogP contribution in [-0.2, 0) is 0 Å². The summed E-state index contributed by atoms with van der Waals surface area (Å²) in [6.07, 6.45) is 7.63. The van der Waals surface area contributed by atoms with Gasteiger partial charge in [-0.1, -0.05) is 18.2 Å². The molecule has 1 spiro atoms. The summed E-state index contributed by atoms with van der Waals surface area (Å²) < 4.78 is 6.24. The highest BCUT2D eigenvalue weighted by Gasteiger charge is 2.45. The minimum Gasteiger partial charge on any atom is -0.487 e. The summed E-state index contributed by atoms with van der Waals surface area (Å²) in [5.74, 6) is 0.904. The molecule has 1 aromatic carbocycles. The van der Waals surface area contributed by atoms with Crippen molar-refractivity contribution in [3.05, 3.63) is 59.9 Å². The second-order valence-electron chi connectivity index (χ2n) is 7.05. The monoisotopic (exact) mass is 337 g/mol. The molecule has 5 nitrogen and oxygen atoms in total.